The summed E-state index contributed by atoms with van der Waals surface area (Å²) < 4.78 is 2.22. The monoisotopic (exact) mass is 441 g/mol. The van der Waals surface area contributed by atoms with Gasteiger partial charge in [0.25, 0.3) is 0 Å². The van der Waals surface area contributed by atoms with Crippen LogP contribution in [0.5, 0.6) is 0 Å². The third-order valence-corrected chi connectivity index (χ3v) is 7.01. The Morgan fingerprint density at radius 2 is 1.84 bits per heavy atom. The zero-order chi connectivity index (χ0) is 21.8. The Kier molecular flexibility index (Phi) is 6.95. The van der Waals surface area contributed by atoms with E-state index in [0.717, 1.165) is 48.5 Å². The van der Waals surface area contributed by atoms with Crippen LogP contribution in [0, 0.1) is 5.92 Å². The first-order valence-corrected chi connectivity index (χ1v) is 12.2. The molecule has 1 aromatic heterocycles. The van der Waals surface area contributed by atoms with Gasteiger partial charge in [0.1, 0.15) is 0 Å². The summed E-state index contributed by atoms with van der Waals surface area (Å²) in [6.07, 6.45) is 5.13. The number of carbonyl (C=O) groups excluding carboxylic acids is 2. The van der Waals surface area contributed by atoms with Crippen LogP contribution in [0.15, 0.2) is 35.5 Å². The average molecular weight is 442 g/mol. The quantitative estimate of drug-likeness (QED) is 0.602. The molecule has 2 aromatic rings. The third kappa shape index (κ3) is 5.67. The van der Waals surface area contributed by atoms with Crippen LogP contribution in [-0.4, -0.2) is 51.3 Å². The molecule has 31 heavy (non-hydrogen) atoms. The lowest BCUT2D eigenvalue weighted by Gasteiger charge is -2.31. The Labute approximate surface area is 188 Å². The molecule has 1 aromatic carbocycles. The van der Waals surface area contributed by atoms with E-state index in [1.54, 1.807) is 0 Å². The Balaban J connectivity index is 1.37. The summed E-state index contributed by atoms with van der Waals surface area (Å²) >= 11 is 1.41. The highest BCUT2D eigenvalue weighted by Gasteiger charge is 2.32. The molecule has 0 bridgehead atoms. The molecular formula is C23H31N5O2S. The average Bonchev–Trinajstić information content (AvgIpc) is 3.52. The normalized spacial score (nSPS) is 18.1. The SMILES string of the molecule is CC(=O)C(Cc1ccccc1)NC(=O)CSc1nnc(N2CCC(C)CC2)n1C1CC1. The highest BCUT2D eigenvalue weighted by Crippen LogP contribution is 2.41. The number of hydrogen-bond acceptors (Lipinski definition) is 6. The molecule has 4 rings (SSSR count). The van der Waals surface area contributed by atoms with E-state index in [1.807, 2.05) is 30.3 Å². The van der Waals surface area contributed by atoms with Gasteiger partial charge < -0.3 is 10.2 Å². The van der Waals surface area contributed by atoms with Crippen molar-refractivity contribution in [2.24, 2.45) is 5.92 Å². The molecule has 8 heteroatoms. The van der Waals surface area contributed by atoms with E-state index in [-0.39, 0.29) is 17.4 Å². The van der Waals surface area contributed by atoms with Crippen LogP contribution in [-0.2, 0) is 16.0 Å². The molecule has 1 aliphatic heterocycles. The first kappa shape index (κ1) is 21.9. The van der Waals surface area contributed by atoms with E-state index in [1.165, 1.54) is 31.5 Å². The maximum atomic E-state index is 12.6. The number of carbonyl (C=O) groups is 2. The minimum Gasteiger partial charge on any atom is -0.345 e. The fourth-order valence-electron chi connectivity index (χ4n) is 3.96. The summed E-state index contributed by atoms with van der Waals surface area (Å²) in [5.74, 6) is 1.74. The van der Waals surface area contributed by atoms with Gasteiger partial charge in [-0.05, 0) is 50.5 Å². The molecule has 0 spiro atoms. The second-order valence-corrected chi connectivity index (χ2v) is 9.70. The van der Waals surface area contributed by atoms with Gasteiger partial charge in [-0.15, -0.1) is 10.2 Å². The third-order valence-electron chi connectivity index (χ3n) is 6.07. The lowest BCUT2D eigenvalue weighted by atomic mass is 10.00. The van der Waals surface area contributed by atoms with Crippen LogP contribution < -0.4 is 10.2 Å². The Morgan fingerprint density at radius 1 is 1.13 bits per heavy atom. The fraction of sp³-hybridized carbons (Fsp3) is 0.565. The number of benzene rings is 1. The van der Waals surface area contributed by atoms with E-state index in [2.05, 4.69) is 31.9 Å². The van der Waals surface area contributed by atoms with Gasteiger partial charge in [-0.3, -0.25) is 14.2 Å². The number of nitrogens with zero attached hydrogens (tertiary/aromatic N) is 4. The molecule has 2 aliphatic rings. The van der Waals surface area contributed by atoms with Crippen molar-refractivity contribution in [1.82, 2.24) is 20.1 Å². The lowest BCUT2D eigenvalue weighted by molar-refractivity contribution is -0.125. The fourth-order valence-corrected chi connectivity index (χ4v) is 4.77. The van der Waals surface area contributed by atoms with Gasteiger partial charge in [0, 0.05) is 19.1 Å². The maximum Gasteiger partial charge on any atom is 0.231 e. The van der Waals surface area contributed by atoms with Crippen molar-refractivity contribution >= 4 is 29.4 Å². The Bertz CT molecular complexity index is 904. The predicted octanol–water partition coefficient (Wildman–Crippen LogP) is 3.26. The van der Waals surface area contributed by atoms with Gasteiger partial charge in [-0.1, -0.05) is 49.0 Å². The highest BCUT2D eigenvalue weighted by atomic mass is 32.2. The minimum atomic E-state index is -0.511. The molecule has 2 fully saturated rings. The zero-order valence-corrected chi connectivity index (χ0v) is 19.1. The number of ketones is 1. The van der Waals surface area contributed by atoms with Gasteiger partial charge in [-0.25, -0.2) is 0 Å². The first-order chi connectivity index (χ1) is 15.0. The number of thioether (sulfide) groups is 1. The van der Waals surface area contributed by atoms with Gasteiger partial charge in [-0.2, -0.15) is 0 Å². The number of rotatable bonds is 9. The molecule has 1 atom stereocenters. The number of hydrogen-bond donors (Lipinski definition) is 1. The van der Waals surface area contributed by atoms with Crippen LogP contribution in [0.2, 0.25) is 0 Å². The molecule has 1 unspecified atom stereocenters. The molecule has 2 heterocycles. The number of nitrogens with one attached hydrogen (secondary N) is 1. The maximum absolute atomic E-state index is 12.6. The standard InChI is InChI=1S/C23H31N5O2S/c1-16-10-12-27(13-11-16)22-25-26-23(28(22)19-8-9-19)31-15-21(30)24-20(17(2)29)14-18-6-4-3-5-7-18/h3-7,16,19-20H,8-15H2,1-2H3,(H,24,30). The van der Waals surface area contributed by atoms with Gasteiger partial charge in [0.2, 0.25) is 11.9 Å². The molecule has 166 valence electrons. The van der Waals surface area contributed by atoms with Crippen LogP contribution in [0.4, 0.5) is 5.95 Å². The summed E-state index contributed by atoms with van der Waals surface area (Å²) in [5.41, 5.74) is 1.03. The summed E-state index contributed by atoms with van der Waals surface area (Å²) in [6.45, 7) is 5.85. The Hall–Kier alpha value is -2.35. The van der Waals surface area contributed by atoms with Gasteiger partial charge in [0.15, 0.2) is 10.9 Å². The number of Topliss-reactive ketones (excluding diaryl/α,β-unsaturated/α-hetero) is 1. The molecule has 1 amide bonds. The number of aromatic nitrogens is 3. The van der Waals surface area contributed by atoms with Crippen molar-refractivity contribution in [2.45, 2.75) is 63.2 Å². The topological polar surface area (TPSA) is 80.1 Å². The molecule has 1 aliphatic carbocycles. The molecule has 1 saturated carbocycles. The smallest absolute Gasteiger partial charge is 0.231 e. The predicted molar refractivity (Wildman–Crippen MR) is 122 cm³/mol. The molecule has 1 saturated heterocycles. The van der Waals surface area contributed by atoms with E-state index < -0.39 is 6.04 Å². The highest BCUT2D eigenvalue weighted by molar-refractivity contribution is 7.99. The first-order valence-electron chi connectivity index (χ1n) is 11.2. The Morgan fingerprint density at radius 3 is 2.48 bits per heavy atom. The van der Waals surface area contributed by atoms with E-state index in [0.29, 0.717) is 12.5 Å². The van der Waals surface area contributed by atoms with Crippen LogP contribution in [0.25, 0.3) is 0 Å². The van der Waals surface area contributed by atoms with Crippen molar-refractivity contribution in [3.05, 3.63) is 35.9 Å². The van der Waals surface area contributed by atoms with Crippen molar-refractivity contribution in [2.75, 3.05) is 23.7 Å². The second-order valence-electron chi connectivity index (χ2n) is 8.76. The van der Waals surface area contributed by atoms with Crippen molar-refractivity contribution in [1.29, 1.82) is 0 Å². The second kappa shape index (κ2) is 9.85. The number of piperidine rings is 1. The van der Waals surface area contributed by atoms with E-state index in [9.17, 15) is 9.59 Å². The molecule has 7 nitrogen and oxygen atoms in total. The number of anilines is 1. The minimum absolute atomic E-state index is 0.0371. The van der Waals surface area contributed by atoms with Crippen molar-refractivity contribution in [3.63, 3.8) is 0 Å². The largest absolute Gasteiger partial charge is 0.345 e. The van der Waals surface area contributed by atoms with Crippen molar-refractivity contribution in [3.8, 4) is 0 Å². The lowest BCUT2D eigenvalue weighted by Crippen LogP contribution is -2.42. The van der Waals surface area contributed by atoms with Gasteiger partial charge >= 0.3 is 0 Å². The summed E-state index contributed by atoms with van der Waals surface area (Å²) in [5, 5.41) is 12.6. The molecule has 1 N–H and O–H groups in total. The summed E-state index contributed by atoms with van der Waals surface area (Å²) in [7, 11) is 0. The van der Waals surface area contributed by atoms with Gasteiger partial charge in [0.05, 0.1) is 11.8 Å². The van der Waals surface area contributed by atoms with Crippen LogP contribution >= 0.6 is 11.8 Å². The van der Waals surface area contributed by atoms with E-state index >= 15 is 0 Å². The zero-order valence-electron chi connectivity index (χ0n) is 18.3. The number of amides is 1. The van der Waals surface area contributed by atoms with Crippen LogP contribution in [0.1, 0.15) is 51.1 Å². The summed E-state index contributed by atoms with van der Waals surface area (Å²) in [4.78, 5) is 27.0. The van der Waals surface area contributed by atoms with Crippen molar-refractivity contribution < 1.29 is 9.59 Å². The van der Waals surface area contributed by atoms with E-state index in [4.69, 9.17) is 0 Å². The molecular weight excluding hydrogens is 410 g/mol. The molecule has 0 radical (unpaired) electrons. The van der Waals surface area contributed by atoms with Crippen LogP contribution in [0.3, 0.4) is 0 Å². The summed E-state index contributed by atoms with van der Waals surface area (Å²) in [6, 6.07) is 9.69.